The van der Waals surface area contributed by atoms with Crippen LogP contribution in [0.2, 0.25) is 0 Å². The van der Waals surface area contributed by atoms with Crippen LogP contribution in [-0.4, -0.2) is 24.2 Å². The summed E-state index contributed by atoms with van der Waals surface area (Å²) in [4.78, 5) is 16.3. The summed E-state index contributed by atoms with van der Waals surface area (Å²) < 4.78 is 11.4. The molecule has 0 radical (unpaired) electrons. The molecule has 0 bridgehead atoms. The smallest absolute Gasteiger partial charge is 0.319 e. The van der Waals surface area contributed by atoms with Crippen molar-refractivity contribution in [2.45, 2.75) is 19.4 Å². The van der Waals surface area contributed by atoms with Gasteiger partial charge in [-0.05, 0) is 17.7 Å². The van der Waals surface area contributed by atoms with Gasteiger partial charge in [-0.25, -0.2) is 4.79 Å². The molecule has 6 nitrogen and oxygen atoms in total. The molecule has 2 aliphatic rings. The Morgan fingerprint density at radius 1 is 1.26 bits per heavy atom. The molecular weight excluding hydrogens is 294 g/mol. The molecule has 0 saturated heterocycles. The zero-order valence-corrected chi connectivity index (χ0v) is 12.6. The summed E-state index contributed by atoms with van der Waals surface area (Å²) in [6.07, 6.45) is 5.06. The molecule has 1 aromatic carbocycles. The molecule has 118 valence electrons. The van der Waals surface area contributed by atoms with Crippen LogP contribution < -0.4 is 20.1 Å². The predicted molar refractivity (Wildman–Crippen MR) is 84.9 cm³/mol. The van der Waals surface area contributed by atoms with E-state index in [4.69, 9.17) is 9.47 Å². The minimum absolute atomic E-state index is 0.258. The summed E-state index contributed by atoms with van der Waals surface area (Å²) in [6.45, 7) is 1.71. The van der Waals surface area contributed by atoms with Crippen molar-refractivity contribution in [2.24, 2.45) is 0 Å². The van der Waals surface area contributed by atoms with Gasteiger partial charge in [-0.3, -0.25) is 4.98 Å². The van der Waals surface area contributed by atoms with Gasteiger partial charge in [0.2, 0.25) is 0 Å². The Labute approximate surface area is 133 Å². The number of rotatable bonds is 3. The van der Waals surface area contributed by atoms with Crippen LogP contribution in [0, 0.1) is 0 Å². The third-order valence-corrected chi connectivity index (χ3v) is 4.07. The lowest BCUT2D eigenvalue weighted by Gasteiger charge is -2.14. The monoisotopic (exact) mass is 311 g/mol. The van der Waals surface area contributed by atoms with E-state index in [9.17, 15) is 4.79 Å². The quantitative estimate of drug-likeness (QED) is 0.912. The Kier molecular flexibility index (Phi) is 3.49. The first-order chi connectivity index (χ1) is 11.3. The minimum Gasteiger partial charge on any atom is -0.493 e. The molecule has 0 atom stereocenters. The maximum atomic E-state index is 12.2. The molecule has 2 N–H and O–H groups in total. The summed E-state index contributed by atoms with van der Waals surface area (Å²) in [5.41, 5.74) is 3.80. The lowest BCUT2D eigenvalue weighted by atomic mass is 10.0. The summed E-state index contributed by atoms with van der Waals surface area (Å²) in [6, 6.07) is 5.54. The maximum Gasteiger partial charge on any atom is 0.319 e. The average molecular weight is 311 g/mol. The molecule has 4 rings (SSSR count). The van der Waals surface area contributed by atoms with Gasteiger partial charge in [-0.15, -0.1) is 0 Å². The van der Waals surface area contributed by atoms with Gasteiger partial charge >= 0.3 is 6.03 Å². The standard InChI is InChI=1S/C17H17N3O3/c21-17(19-10-11-2-1-5-18-9-11)20-15-13-4-7-22-14(13)8-12-3-6-23-16(12)15/h1-2,5,8-9H,3-4,6-7,10H2,(H2,19,20,21). The zero-order valence-electron chi connectivity index (χ0n) is 12.6. The molecule has 0 fully saturated rings. The number of anilines is 1. The first-order valence-electron chi connectivity index (χ1n) is 7.69. The first kappa shape index (κ1) is 13.9. The second kappa shape index (κ2) is 5.79. The van der Waals surface area contributed by atoms with E-state index >= 15 is 0 Å². The highest BCUT2D eigenvalue weighted by molar-refractivity contribution is 5.93. The third kappa shape index (κ3) is 2.67. The largest absolute Gasteiger partial charge is 0.493 e. The summed E-state index contributed by atoms with van der Waals surface area (Å²) in [5.74, 6) is 1.64. The number of hydrogen-bond acceptors (Lipinski definition) is 4. The molecular formula is C17H17N3O3. The normalized spacial score (nSPS) is 14.4. The molecule has 1 aromatic heterocycles. The maximum absolute atomic E-state index is 12.2. The van der Waals surface area contributed by atoms with Crippen molar-refractivity contribution in [3.8, 4) is 11.5 Å². The molecule has 0 spiro atoms. The van der Waals surface area contributed by atoms with E-state index in [-0.39, 0.29) is 6.03 Å². The van der Waals surface area contributed by atoms with Crippen molar-refractivity contribution < 1.29 is 14.3 Å². The third-order valence-electron chi connectivity index (χ3n) is 4.07. The number of carbonyl (C=O) groups is 1. The number of amides is 2. The number of carbonyl (C=O) groups excluding carboxylic acids is 1. The van der Waals surface area contributed by atoms with Crippen molar-refractivity contribution in [3.05, 3.63) is 47.3 Å². The van der Waals surface area contributed by atoms with Crippen LogP contribution in [-0.2, 0) is 19.4 Å². The molecule has 2 amide bonds. The fourth-order valence-corrected chi connectivity index (χ4v) is 2.96. The van der Waals surface area contributed by atoms with E-state index in [1.165, 1.54) is 0 Å². The average Bonchev–Trinajstić information content (AvgIpc) is 3.22. The molecule has 2 aliphatic heterocycles. The van der Waals surface area contributed by atoms with Gasteiger partial charge in [-0.2, -0.15) is 0 Å². The van der Waals surface area contributed by atoms with Crippen LogP contribution in [0.4, 0.5) is 10.5 Å². The first-order valence-corrected chi connectivity index (χ1v) is 7.69. The van der Waals surface area contributed by atoms with E-state index in [1.807, 2.05) is 18.2 Å². The number of aromatic nitrogens is 1. The van der Waals surface area contributed by atoms with E-state index < -0.39 is 0 Å². The Bertz CT molecular complexity index is 714. The molecule has 2 aromatic rings. The number of urea groups is 1. The van der Waals surface area contributed by atoms with Crippen LogP contribution in [0.25, 0.3) is 0 Å². The van der Waals surface area contributed by atoms with E-state index in [0.717, 1.165) is 46.7 Å². The Balaban J connectivity index is 1.51. The summed E-state index contributed by atoms with van der Waals surface area (Å²) in [5, 5.41) is 5.78. The number of ether oxygens (including phenoxy) is 2. The second-order valence-corrected chi connectivity index (χ2v) is 5.58. The number of nitrogens with zero attached hydrogens (tertiary/aromatic N) is 1. The fraction of sp³-hybridized carbons (Fsp3) is 0.294. The van der Waals surface area contributed by atoms with Gasteiger partial charge < -0.3 is 20.1 Å². The number of pyridine rings is 1. The van der Waals surface area contributed by atoms with Crippen molar-refractivity contribution >= 4 is 11.7 Å². The van der Waals surface area contributed by atoms with E-state index in [0.29, 0.717) is 19.8 Å². The van der Waals surface area contributed by atoms with Gasteiger partial charge in [0.1, 0.15) is 11.5 Å². The lowest BCUT2D eigenvalue weighted by Crippen LogP contribution is -2.28. The predicted octanol–water partition coefficient (Wildman–Crippen LogP) is 2.27. The molecule has 3 heterocycles. The van der Waals surface area contributed by atoms with Crippen molar-refractivity contribution in [1.29, 1.82) is 0 Å². The Hall–Kier alpha value is -2.76. The van der Waals surface area contributed by atoms with Gasteiger partial charge in [0.15, 0.2) is 0 Å². The highest BCUT2D eigenvalue weighted by Crippen LogP contribution is 2.44. The van der Waals surface area contributed by atoms with Crippen LogP contribution >= 0.6 is 0 Å². The zero-order chi connectivity index (χ0) is 15.6. The number of benzene rings is 1. The molecule has 6 heteroatoms. The molecule has 0 saturated carbocycles. The van der Waals surface area contributed by atoms with Gasteiger partial charge in [0, 0.05) is 42.9 Å². The van der Waals surface area contributed by atoms with Gasteiger partial charge in [0.05, 0.1) is 18.9 Å². The van der Waals surface area contributed by atoms with E-state index in [1.54, 1.807) is 12.4 Å². The van der Waals surface area contributed by atoms with E-state index in [2.05, 4.69) is 15.6 Å². The highest BCUT2D eigenvalue weighted by atomic mass is 16.5. The van der Waals surface area contributed by atoms with Crippen LogP contribution in [0.3, 0.4) is 0 Å². The SMILES string of the molecule is O=C(NCc1cccnc1)Nc1c2c(cc3c1OCC3)OCC2. The van der Waals surface area contributed by atoms with Crippen LogP contribution in [0.1, 0.15) is 16.7 Å². The topological polar surface area (TPSA) is 72.5 Å². The fourth-order valence-electron chi connectivity index (χ4n) is 2.96. The molecule has 23 heavy (non-hydrogen) atoms. The molecule has 0 aliphatic carbocycles. The van der Waals surface area contributed by atoms with Crippen molar-refractivity contribution in [2.75, 3.05) is 18.5 Å². The summed E-state index contributed by atoms with van der Waals surface area (Å²) >= 11 is 0. The van der Waals surface area contributed by atoms with Crippen molar-refractivity contribution in [1.82, 2.24) is 10.3 Å². The molecule has 0 unspecified atom stereocenters. The Morgan fingerprint density at radius 2 is 2.17 bits per heavy atom. The van der Waals surface area contributed by atoms with Gasteiger partial charge in [0.25, 0.3) is 0 Å². The van der Waals surface area contributed by atoms with Crippen LogP contribution in [0.5, 0.6) is 11.5 Å². The summed E-state index contributed by atoms with van der Waals surface area (Å²) in [7, 11) is 0. The Morgan fingerprint density at radius 3 is 3.04 bits per heavy atom. The second-order valence-electron chi connectivity index (χ2n) is 5.58. The highest BCUT2D eigenvalue weighted by Gasteiger charge is 2.27. The minimum atomic E-state index is -0.258. The van der Waals surface area contributed by atoms with Crippen molar-refractivity contribution in [3.63, 3.8) is 0 Å². The lowest BCUT2D eigenvalue weighted by molar-refractivity contribution is 0.251. The number of hydrogen-bond donors (Lipinski definition) is 2. The number of nitrogens with one attached hydrogen (secondary N) is 2. The number of fused-ring (bicyclic) bond motifs is 2. The van der Waals surface area contributed by atoms with Gasteiger partial charge in [-0.1, -0.05) is 6.07 Å². The van der Waals surface area contributed by atoms with Crippen LogP contribution in [0.15, 0.2) is 30.6 Å².